The summed E-state index contributed by atoms with van der Waals surface area (Å²) >= 11 is 0. The highest BCUT2D eigenvalue weighted by Gasteiger charge is 2.33. The number of carbonyl (C=O) groups excluding carboxylic acids is 3. The molecule has 4 atom stereocenters. The highest BCUT2D eigenvalue weighted by Crippen LogP contribution is 2.25. The van der Waals surface area contributed by atoms with Crippen LogP contribution in [0.3, 0.4) is 0 Å². The average molecular weight is 601 g/mol. The quantitative estimate of drug-likeness (QED) is 0.232. The minimum atomic E-state index is -0.941. The number of nitrogens with two attached hydrogens (primary N) is 1. The molecule has 1 rings (SSSR count). The summed E-state index contributed by atoms with van der Waals surface area (Å²) in [5.41, 5.74) is 6.90. The first-order valence-electron chi connectivity index (χ1n) is 14.2. The van der Waals surface area contributed by atoms with Crippen molar-refractivity contribution in [3.05, 3.63) is 29.8 Å². The number of nitrogens with one attached hydrogen (secondary N) is 1. The third kappa shape index (κ3) is 13.0. The van der Waals surface area contributed by atoms with E-state index in [0.717, 1.165) is 17.7 Å². The number of benzene rings is 1. The number of hydrogen-bond acceptors (Lipinski definition) is 7. The Morgan fingerprint density at radius 1 is 0.976 bits per heavy atom. The van der Waals surface area contributed by atoms with Gasteiger partial charge in [-0.3, -0.25) is 14.5 Å². The van der Waals surface area contributed by atoms with Crippen molar-refractivity contribution < 1.29 is 29.0 Å². The minimum Gasteiger partial charge on any atom is -0.493 e. The summed E-state index contributed by atoms with van der Waals surface area (Å²) in [4.78, 5) is 40.8. The highest BCUT2D eigenvalue weighted by molar-refractivity contribution is 5.97. The second kappa shape index (κ2) is 19.7. The van der Waals surface area contributed by atoms with Gasteiger partial charge in [0.15, 0.2) is 0 Å². The molecule has 0 aliphatic rings. The lowest BCUT2D eigenvalue weighted by Crippen LogP contribution is -2.47. The molecule has 11 heteroatoms. The zero-order chi connectivity index (χ0) is 30.4. The Balaban J connectivity index is 0.0000160. The van der Waals surface area contributed by atoms with E-state index in [1.54, 1.807) is 39.4 Å². The predicted octanol–water partition coefficient (Wildman–Crippen LogP) is 3.80. The van der Waals surface area contributed by atoms with Gasteiger partial charge in [0.2, 0.25) is 5.91 Å². The summed E-state index contributed by atoms with van der Waals surface area (Å²) in [6, 6.07) is 6.14. The maximum Gasteiger partial charge on any atom is 0.325 e. The SMILES string of the molecule is COCCCCOc1ccccc1C(=O)NC[C@H](C[C@H](N)[C@@H](O)C[C@@H](C(=O)N(C)C(=O)N(C)C)C(C)C)C(C)C.Cl. The Bertz CT molecular complexity index is 930. The van der Waals surface area contributed by atoms with Gasteiger partial charge in [0.1, 0.15) is 5.75 Å². The number of urea groups is 1. The number of rotatable bonds is 17. The van der Waals surface area contributed by atoms with Crippen LogP contribution in [0.5, 0.6) is 5.75 Å². The van der Waals surface area contributed by atoms with Gasteiger partial charge < -0.3 is 30.5 Å². The van der Waals surface area contributed by atoms with Crippen LogP contribution in [0, 0.1) is 23.7 Å². The van der Waals surface area contributed by atoms with E-state index in [4.69, 9.17) is 15.2 Å². The number of imide groups is 1. The predicted molar refractivity (Wildman–Crippen MR) is 164 cm³/mol. The molecular formula is C30H53ClN4O6. The van der Waals surface area contributed by atoms with E-state index in [1.165, 1.54) is 11.9 Å². The molecule has 0 unspecified atom stereocenters. The fourth-order valence-electron chi connectivity index (χ4n) is 4.46. The summed E-state index contributed by atoms with van der Waals surface area (Å²) < 4.78 is 10.9. The van der Waals surface area contributed by atoms with Gasteiger partial charge in [0.25, 0.3) is 5.91 Å². The molecule has 1 aromatic carbocycles. The average Bonchev–Trinajstić information content (AvgIpc) is 2.91. The number of halogens is 1. The number of hydrogen-bond donors (Lipinski definition) is 3. The molecule has 41 heavy (non-hydrogen) atoms. The van der Waals surface area contributed by atoms with Crippen molar-refractivity contribution in [2.45, 2.75) is 65.5 Å². The molecule has 0 aromatic heterocycles. The summed E-state index contributed by atoms with van der Waals surface area (Å²) in [7, 11) is 6.29. The number of aliphatic hydroxyl groups excluding tert-OH is 1. The van der Waals surface area contributed by atoms with Crippen molar-refractivity contribution in [3.8, 4) is 5.75 Å². The molecule has 10 nitrogen and oxygen atoms in total. The summed E-state index contributed by atoms with van der Waals surface area (Å²) in [6.45, 7) is 9.43. The second-order valence-electron chi connectivity index (χ2n) is 11.4. The lowest BCUT2D eigenvalue weighted by atomic mass is 9.83. The van der Waals surface area contributed by atoms with Crippen molar-refractivity contribution in [2.24, 2.45) is 29.4 Å². The smallest absolute Gasteiger partial charge is 0.325 e. The fraction of sp³-hybridized carbons (Fsp3) is 0.700. The van der Waals surface area contributed by atoms with Crippen LogP contribution in [0.2, 0.25) is 0 Å². The van der Waals surface area contributed by atoms with Crippen LogP contribution in [0.25, 0.3) is 0 Å². The van der Waals surface area contributed by atoms with Gasteiger partial charge in [0.05, 0.1) is 18.3 Å². The van der Waals surface area contributed by atoms with Gasteiger partial charge in [-0.1, -0.05) is 39.8 Å². The first kappa shape index (κ1) is 38.6. The molecule has 0 heterocycles. The molecule has 4 amide bonds. The molecule has 236 valence electrons. The number of carbonyl (C=O) groups is 3. The van der Waals surface area contributed by atoms with Crippen molar-refractivity contribution in [1.82, 2.24) is 15.1 Å². The third-order valence-electron chi connectivity index (χ3n) is 7.29. The van der Waals surface area contributed by atoms with Gasteiger partial charge in [-0.2, -0.15) is 0 Å². The largest absolute Gasteiger partial charge is 0.493 e. The van der Waals surface area contributed by atoms with Crippen molar-refractivity contribution in [1.29, 1.82) is 0 Å². The van der Waals surface area contributed by atoms with Crippen LogP contribution in [0.4, 0.5) is 4.79 Å². The van der Waals surface area contributed by atoms with Gasteiger partial charge in [-0.15, -0.1) is 12.4 Å². The fourth-order valence-corrected chi connectivity index (χ4v) is 4.46. The highest BCUT2D eigenvalue weighted by atomic mass is 35.5. The van der Waals surface area contributed by atoms with E-state index in [9.17, 15) is 19.5 Å². The van der Waals surface area contributed by atoms with E-state index in [2.05, 4.69) is 19.2 Å². The molecule has 0 aliphatic carbocycles. The minimum absolute atomic E-state index is 0. The molecule has 1 aromatic rings. The number of nitrogens with zero attached hydrogens (tertiary/aromatic N) is 2. The Morgan fingerprint density at radius 2 is 1.59 bits per heavy atom. The van der Waals surface area contributed by atoms with Crippen LogP contribution in [-0.4, -0.2) is 92.9 Å². The van der Waals surface area contributed by atoms with Gasteiger partial charge in [-0.05, 0) is 55.6 Å². The molecule has 0 spiro atoms. The Hall–Kier alpha value is -2.40. The lowest BCUT2D eigenvalue weighted by molar-refractivity contribution is -0.134. The first-order chi connectivity index (χ1) is 18.8. The van der Waals surface area contributed by atoms with Gasteiger partial charge >= 0.3 is 6.03 Å². The lowest BCUT2D eigenvalue weighted by Gasteiger charge is -2.31. The number of unbranched alkanes of at least 4 members (excludes halogenated alkanes) is 1. The van der Waals surface area contributed by atoms with Crippen LogP contribution in [0.1, 0.15) is 63.7 Å². The van der Waals surface area contributed by atoms with Gasteiger partial charge in [0, 0.05) is 53.4 Å². The Morgan fingerprint density at radius 3 is 2.15 bits per heavy atom. The Labute approximate surface area is 252 Å². The molecule has 0 saturated heterocycles. The maximum absolute atomic E-state index is 13.0. The van der Waals surface area contributed by atoms with Crippen molar-refractivity contribution >= 4 is 30.3 Å². The van der Waals surface area contributed by atoms with Crippen molar-refractivity contribution in [3.63, 3.8) is 0 Å². The zero-order valence-corrected chi connectivity index (χ0v) is 26.9. The second-order valence-corrected chi connectivity index (χ2v) is 11.4. The topological polar surface area (TPSA) is 134 Å². The molecule has 0 bridgehead atoms. The normalized spacial score (nSPS) is 14.0. The number of methoxy groups -OCH3 is 1. The van der Waals surface area contributed by atoms with E-state index in [1.807, 2.05) is 19.9 Å². The number of amides is 4. The van der Waals surface area contributed by atoms with E-state index in [-0.39, 0.29) is 48.4 Å². The monoisotopic (exact) mass is 600 g/mol. The Kier molecular flexibility index (Phi) is 18.5. The molecule has 4 N–H and O–H groups in total. The summed E-state index contributed by atoms with van der Waals surface area (Å²) in [6.07, 6.45) is 1.37. The summed E-state index contributed by atoms with van der Waals surface area (Å²) in [5, 5.41) is 14.0. The number of ether oxygens (including phenoxy) is 2. The van der Waals surface area contributed by atoms with Crippen LogP contribution >= 0.6 is 12.4 Å². The number of para-hydroxylation sites is 1. The molecule has 0 aliphatic heterocycles. The standard InChI is InChI=1S/C30H52N4O6.ClH/c1-20(2)22(19-32-28(36)23-13-9-10-14-27(23)40-16-12-11-15-39-8)17-25(31)26(35)18-24(21(3)4)29(37)34(7)30(38)33(5)6;/h9-10,13-14,20-22,24-26,35H,11-12,15-19,31H2,1-8H3,(H,32,36);1H/t22-,24+,25-,26-;/m0./s1. The molecule has 0 saturated carbocycles. The van der Waals surface area contributed by atoms with E-state index < -0.39 is 24.1 Å². The third-order valence-corrected chi connectivity index (χ3v) is 7.29. The van der Waals surface area contributed by atoms with Crippen LogP contribution in [-0.2, 0) is 9.53 Å². The summed E-state index contributed by atoms with van der Waals surface area (Å²) in [5.74, 6) is -0.488. The number of aliphatic hydroxyl groups is 1. The van der Waals surface area contributed by atoms with E-state index in [0.29, 0.717) is 37.5 Å². The van der Waals surface area contributed by atoms with Crippen LogP contribution in [0.15, 0.2) is 24.3 Å². The first-order valence-corrected chi connectivity index (χ1v) is 14.2. The molecule has 0 radical (unpaired) electrons. The van der Waals surface area contributed by atoms with Crippen molar-refractivity contribution in [2.75, 3.05) is 48.0 Å². The van der Waals surface area contributed by atoms with Crippen LogP contribution < -0.4 is 15.8 Å². The molecule has 0 fully saturated rings. The van der Waals surface area contributed by atoms with Gasteiger partial charge in [-0.25, -0.2) is 4.79 Å². The molecular weight excluding hydrogens is 548 g/mol. The van der Waals surface area contributed by atoms with E-state index >= 15 is 0 Å². The maximum atomic E-state index is 13.0. The zero-order valence-electron chi connectivity index (χ0n) is 26.1.